The van der Waals surface area contributed by atoms with E-state index < -0.39 is 0 Å². The van der Waals surface area contributed by atoms with E-state index in [9.17, 15) is 4.39 Å². The number of hydrogen-bond acceptors (Lipinski definition) is 2. The van der Waals surface area contributed by atoms with E-state index in [-0.39, 0.29) is 11.2 Å². The quantitative estimate of drug-likeness (QED) is 0.732. The summed E-state index contributed by atoms with van der Waals surface area (Å²) in [5.41, 5.74) is 6.75. The summed E-state index contributed by atoms with van der Waals surface area (Å²) in [6.07, 6.45) is 1.09. The standard InChI is InChI=1S/C15H25FN2/c1-12(10-17)8-9-18-11-15(2,3)13-4-6-14(16)7-5-13/h4-7,12,18H,8-11,17H2,1-3H3. The van der Waals surface area contributed by atoms with Crippen molar-refractivity contribution >= 4 is 0 Å². The lowest BCUT2D eigenvalue weighted by Gasteiger charge is -2.26. The van der Waals surface area contributed by atoms with Gasteiger partial charge in [0.05, 0.1) is 0 Å². The summed E-state index contributed by atoms with van der Waals surface area (Å²) in [6.45, 7) is 9.09. The van der Waals surface area contributed by atoms with Crippen LogP contribution in [-0.2, 0) is 5.41 Å². The van der Waals surface area contributed by atoms with Crippen molar-refractivity contribution in [1.82, 2.24) is 5.32 Å². The molecule has 0 aromatic heterocycles. The minimum atomic E-state index is -0.181. The molecular weight excluding hydrogens is 227 g/mol. The molecule has 3 N–H and O–H groups in total. The molecule has 0 aliphatic heterocycles. The van der Waals surface area contributed by atoms with Crippen molar-refractivity contribution in [2.75, 3.05) is 19.6 Å². The van der Waals surface area contributed by atoms with Crippen molar-refractivity contribution < 1.29 is 4.39 Å². The second kappa shape index (κ2) is 6.86. The Hall–Kier alpha value is -0.930. The van der Waals surface area contributed by atoms with Gasteiger partial charge in [0.15, 0.2) is 0 Å². The Bertz CT molecular complexity index is 346. The zero-order chi connectivity index (χ0) is 13.6. The molecule has 1 unspecified atom stereocenters. The minimum absolute atomic E-state index is 0.0135. The van der Waals surface area contributed by atoms with Gasteiger partial charge in [-0.2, -0.15) is 0 Å². The average Bonchev–Trinajstić information content (AvgIpc) is 2.35. The topological polar surface area (TPSA) is 38.0 Å². The summed E-state index contributed by atoms with van der Waals surface area (Å²) in [7, 11) is 0. The van der Waals surface area contributed by atoms with E-state index in [0.717, 1.165) is 31.6 Å². The first-order chi connectivity index (χ1) is 8.45. The highest BCUT2D eigenvalue weighted by atomic mass is 19.1. The van der Waals surface area contributed by atoms with Crippen LogP contribution in [0.1, 0.15) is 32.8 Å². The fraction of sp³-hybridized carbons (Fsp3) is 0.600. The maximum Gasteiger partial charge on any atom is 0.123 e. The molecule has 0 radical (unpaired) electrons. The fourth-order valence-corrected chi connectivity index (χ4v) is 1.87. The molecule has 1 rings (SSSR count). The summed E-state index contributed by atoms with van der Waals surface area (Å²) in [6, 6.07) is 6.76. The van der Waals surface area contributed by atoms with Gasteiger partial charge in [0.2, 0.25) is 0 Å². The molecule has 1 aromatic rings. The lowest BCUT2D eigenvalue weighted by molar-refractivity contribution is 0.440. The number of hydrogen-bond donors (Lipinski definition) is 2. The Morgan fingerprint density at radius 3 is 2.44 bits per heavy atom. The maximum atomic E-state index is 12.9. The Balaban J connectivity index is 2.42. The van der Waals surface area contributed by atoms with Crippen LogP contribution in [0.5, 0.6) is 0 Å². The molecule has 0 amide bonds. The predicted octanol–water partition coefficient (Wildman–Crippen LogP) is 2.68. The number of rotatable bonds is 7. The highest BCUT2D eigenvalue weighted by molar-refractivity contribution is 5.24. The van der Waals surface area contributed by atoms with Gasteiger partial charge in [-0.1, -0.05) is 32.9 Å². The lowest BCUT2D eigenvalue weighted by atomic mass is 9.84. The van der Waals surface area contributed by atoms with Gasteiger partial charge >= 0.3 is 0 Å². The zero-order valence-corrected chi connectivity index (χ0v) is 11.7. The Kier molecular flexibility index (Phi) is 5.76. The van der Waals surface area contributed by atoms with Crippen LogP contribution in [0.2, 0.25) is 0 Å². The summed E-state index contributed by atoms with van der Waals surface area (Å²) >= 11 is 0. The normalized spacial score (nSPS) is 13.6. The van der Waals surface area contributed by atoms with E-state index in [0.29, 0.717) is 5.92 Å². The van der Waals surface area contributed by atoms with Crippen molar-refractivity contribution in [1.29, 1.82) is 0 Å². The van der Waals surface area contributed by atoms with E-state index in [4.69, 9.17) is 5.73 Å². The molecule has 0 fully saturated rings. The first kappa shape index (κ1) is 15.1. The first-order valence-corrected chi connectivity index (χ1v) is 6.62. The van der Waals surface area contributed by atoms with Gasteiger partial charge in [0.25, 0.3) is 0 Å². The third-order valence-electron chi connectivity index (χ3n) is 3.41. The summed E-state index contributed by atoms with van der Waals surface area (Å²) < 4.78 is 12.9. The highest BCUT2D eigenvalue weighted by Crippen LogP contribution is 2.22. The molecule has 0 saturated heterocycles. The fourth-order valence-electron chi connectivity index (χ4n) is 1.87. The molecule has 18 heavy (non-hydrogen) atoms. The molecule has 0 saturated carbocycles. The minimum Gasteiger partial charge on any atom is -0.330 e. The summed E-state index contributed by atoms with van der Waals surface area (Å²) in [4.78, 5) is 0. The summed E-state index contributed by atoms with van der Waals surface area (Å²) in [5.74, 6) is 0.380. The van der Waals surface area contributed by atoms with Crippen LogP contribution < -0.4 is 11.1 Å². The monoisotopic (exact) mass is 252 g/mol. The number of halogens is 1. The average molecular weight is 252 g/mol. The predicted molar refractivity (Wildman–Crippen MR) is 75.1 cm³/mol. The second-order valence-corrected chi connectivity index (χ2v) is 5.70. The first-order valence-electron chi connectivity index (χ1n) is 6.62. The Labute approximate surface area is 110 Å². The van der Waals surface area contributed by atoms with Gasteiger partial charge in [-0.05, 0) is 43.1 Å². The van der Waals surface area contributed by atoms with Crippen molar-refractivity contribution in [3.8, 4) is 0 Å². The molecular formula is C15H25FN2. The van der Waals surface area contributed by atoms with Gasteiger partial charge in [-0.25, -0.2) is 4.39 Å². The van der Waals surface area contributed by atoms with Crippen LogP contribution >= 0.6 is 0 Å². The van der Waals surface area contributed by atoms with Crippen molar-refractivity contribution in [2.45, 2.75) is 32.6 Å². The van der Waals surface area contributed by atoms with Crippen LogP contribution in [0.15, 0.2) is 24.3 Å². The van der Waals surface area contributed by atoms with Crippen molar-refractivity contribution in [2.24, 2.45) is 11.7 Å². The number of nitrogens with one attached hydrogen (secondary N) is 1. The van der Waals surface area contributed by atoms with Crippen LogP contribution in [0.25, 0.3) is 0 Å². The molecule has 0 spiro atoms. The van der Waals surface area contributed by atoms with E-state index >= 15 is 0 Å². The number of nitrogens with two attached hydrogens (primary N) is 1. The maximum absolute atomic E-state index is 12.9. The van der Waals surface area contributed by atoms with Gasteiger partial charge in [0.1, 0.15) is 5.82 Å². The number of benzene rings is 1. The van der Waals surface area contributed by atoms with Crippen LogP contribution in [0, 0.1) is 11.7 Å². The van der Waals surface area contributed by atoms with E-state index in [1.807, 2.05) is 12.1 Å². The van der Waals surface area contributed by atoms with E-state index in [1.54, 1.807) is 0 Å². The molecule has 0 bridgehead atoms. The van der Waals surface area contributed by atoms with Crippen LogP contribution in [0.3, 0.4) is 0 Å². The van der Waals surface area contributed by atoms with Crippen LogP contribution in [-0.4, -0.2) is 19.6 Å². The lowest BCUT2D eigenvalue weighted by Crippen LogP contribution is -2.34. The highest BCUT2D eigenvalue weighted by Gasteiger charge is 2.19. The largest absolute Gasteiger partial charge is 0.330 e. The van der Waals surface area contributed by atoms with Gasteiger partial charge in [0, 0.05) is 12.0 Å². The molecule has 0 heterocycles. The molecule has 1 atom stereocenters. The van der Waals surface area contributed by atoms with Gasteiger partial charge < -0.3 is 11.1 Å². The van der Waals surface area contributed by atoms with E-state index in [1.165, 1.54) is 12.1 Å². The summed E-state index contributed by atoms with van der Waals surface area (Å²) in [5, 5.41) is 3.45. The zero-order valence-electron chi connectivity index (χ0n) is 11.7. The van der Waals surface area contributed by atoms with Crippen molar-refractivity contribution in [3.63, 3.8) is 0 Å². The molecule has 0 aliphatic carbocycles. The molecule has 2 nitrogen and oxygen atoms in total. The smallest absolute Gasteiger partial charge is 0.123 e. The SMILES string of the molecule is CC(CN)CCNCC(C)(C)c1ccc(F)cc1. The van der Waals surface area contributed by atoms with Gasteiger partial charge in [-0.3, -0.25) is 0 Å². The molecule has 1 aromatic carbocycles. The molecule has 3 heteroatoms. The second-order valence-electron chi connectivity index (χ2n) is 5.70. The van der Waals surface area contributed by atoms with Gasteiger partial charge in [-0.15, -0.1) is 0 Å². The Morgan fingerprint density at radius 1 is 1.28 bits per heavy atom. The molecule has 102 valence electrons. The Morgan fingerprint density at radius 2 is 1.89 bits per heavy atom. The van der Waals surface area contributed by atoms with Crippen LogP contribution in [0.4, 0.5) is 4.39 Å². The molecule has 0 aliphatic rings. The van der Waals surface area contributed by atoms with Crippen molar-refractivity contribution in [3.05, 3.63) is 35.6 Å². The third-order valence-corrected chi connectivity index (χ3v) is 3.41. The van der Waals surface area contributed by atoms with E-state index in [2.05, 4.69) is 26.1 Å². The third kappa shape index (κ3) is 4.75.